The molecule has 3 aromatic rings. The van der Waals surface area contributed by atoms with Crippen molar-refractivity contribution in [2.45, 2.75) is 13.5 Å². The number of fused-ring (bicyclic) bond motifs is 1. The normalized spacial score (nSPS) is 14.1. The molecule has 1 aliphatic rings. The van der Waals surface area contributed by atoms with Crippen molar-refractivity contribution in [2.75, 3.05) is 7.11 Å². The van der Waals surface area contributed by atoms with Crippen LogP contribution in [0.4, 0.5) is 0 Å². The van der Waals surface area contributed by atoms with Crippen LogP contribution in [0.2, 0.25) is 0 Å². The lowest BCUT2D eigenvalue weighted by atomic mass is 10.1. The minimum atomic E-state index is -0.161. The zero-order valence-electron chi connectivity index (χ0n) is 15.0. The molecular formula is C22H18O5. The van der Waals surface area contributed by atoms with Crippen LogP contribution in [0.25, 0.3) is 6.08 Å². The standard InChI is InChI=1S/C22H18O5/c1-14-19(26-13-15-5-7-16(24-2)8-6-15)10-9-18-21(23)20(27-22(14)18)12-17-4-3-11-25-17/h3-12H,13H2,1-2H3/b20-12-. The van der Waals surface area contributed by atoms with Crippen molar-refractivity contribution in [3.8, 4) is 17.2 Å². The number of ketones is 1. The summed E-state index contributed by atoms with van der Waals surface area (Å²) >= 11 is 0. The Bertz CT molecular complexity index is 998. The van der Waals surface area contributed by atoms with Gasteiger partial charge in [-0.1, -0.05) is 12.1 Å². The van der Waals surface area contributed by atoms with Gasteiger partial charge in [0, 0.05) is 11.6 Å². The minimum absolute atomic E-state index is 0.161. The monoisotopic (exact) mass is 362 g/mol. The molecule has 0 radical (unpaired) electrons. The van der Waals surface area contributed by atoms with Gasteiger partial charge in [-0.25, -0.2) is 0 Å². The number of allylic oxidation sites excluding steroid dienone is 1. The van der Waals surface area contributed by atoms with Crippen LogP contribution in [0.15, 0.2) is 65.0 Å². The lowest BCUT2D eigenvalue weighted by molar-refractivity contribution is 0.101. The minimum Gasteiger partial charge on any atom is -0.497 e. The van der Waals surface area contributed by atoms with E-state index in [1.807, 2.05) is 31.2 Å². The highest BCUT2D eigenvalue weighted by Gasteiger charge is 2.30. The number of benzene rings is 2. The predicted octanol–water partition coefficient (Wildman–Crippen LogP) is 4.79. The molecule has 0 unspecified atom stereocenters. The third-order valence-electron chi connectivity index (χ3n) is 4.41. The molecule has 1 aromatic heterocycles. The number of rotatable bonds is 5. The van der Waals surface area contributed by atoms with Crippen LogP contribution >= 0.6 is 0 Å². The van der Waals surface area contributed by atoms with Gasteiger partial charge in [0.15, 0.2) is 5.76 Å². The van der Waals surface area contributed by atoms with E-state index >= 15 is 0 Å². The number of furan rings is 1. The van der Waals surface area contributed by atoms with Gasteiger partial charge in [-0.2, -0.15) is 0 Å². The molecule has 0 spiro atoms. The number of carbonyl (C=O) groups excluding carboxylic acids is 1. The molecule has 5 nitrogen and oxygen atoms in total. The van der Waals surface area contributed by atoms with Crippen molar-refractivity contribution in [1.82, 2.24) is 0 Å². The van der Waals surface area contributed by atoms with E-state index in [1.54, 1.807) is 43.7 Å². The fraction of sp³-hybridized carbons (Fsp3) is 0.136. The van der Waals surface area contributed by atoms with Crippen molar-refractivity contribution in [3.63, 3.8) is 0 Å². The molecule has 2 heterocycles. The zero-order valence-corrected chi connectivity index (χ0v) is 15.0. The first kappa shape index (κ1) is 17.0. The summed E-state index contributed by atoms with van der Waals surface area (Å²) in [7, 11) is 1.63. The number of methoxy groups -OCH3 is 1. The van der Waals surface area contributed by atoms with Gasteiger partial charge in [-0.3, -0.25) is 4.79 Å². The molecule has 1 aliphatic heterocycles. The highest BCUT2D eigenvalue weighted by Crippen LogP contribution is 2.39. The Morgan fingerprint density at radius 1 is 1.07 bits per heavy atom. The molecule has 0 atom stereocenters. The maximum absolute atomic E-state index is 12.5. The lowest BCUT2D eigenvalue weighted by Gasteiger charge is -2.11. The average Bonchev–Trinajstić information content (AvgIpc) is 3.31. The summed E-state index contributed by atoms with van der Waals surface area (Å²) in [5.41, 5.74) is 2.34. The molecule has 27 heavy (non-hydrogen) atoms. The maximum atomic E-state index is 12.5. The predicted molar refractivity (Wildman–Crippen MR) is 100 cm³/mol. The molecule has 0 N–H and O–H groups in total. The number of Topliss-reactive ketones (excluding diaryl/α,β-unsaturated/α-hetero) is 1. The Morgan fingerprint density at radius 3 is 2.59 bits per heavy atom. The van der Waals surface area contributed by atoms with Gasteiger partial charge in [0.05, 0.1) is 18.9 Å². The SMILES string of the molecule is COc1ccc(COc2ccc3c(c2C)O/C(=C\c2ccco2)C3=O)cc1. The Hall–Kier alpha value is -3.47. The summed E-state index contributed by atoms with van der Waals surface area (Å²) in [4.78, 5) is 12.5. The van der Waals surface area contributed by atoms with E-state index < -0.39 is 0 Å². The van der Waals surface area contributed by atoms with E-state index in [1.165, 1.54) is 0 Å². The summed E-state index contributed by atoms with van der Waals surface area (Å²) in [6, 6.07) is 14.7. The van der Waals surface area contributed by atoms with Crippen LogP contribution in [-0.2, 0) is 6.61 Å². The second-order valence-corrected chi connectivity index (χ2v) is 6.16. The number of hydrogen-bond acceptors (Lipinski definition) is 5. The van der Waals surface area contributed by atoms with Gasteiger partial charge in [-0.15, -0.1) is 0 Å². The van der Waals surface area contributed by atoms with Crippen LogP contribution in [0.5, 0.6) is 17.2 Å². The highest BCUT2D eigenvalue weighted by molar-refractivity contribution is 6.14. The maximum Gasteiger partial charge on any atom is 0.232 e. The number of carbonyl (C=O) groups is 1. The third kappa shape index (κ3) is 3.31. The van der Waals surface area contributed by atoms with Crippen LogP contribution in [0, 0.1) is 6.92 Å². The van der Waals surface area contributed by atoms with Crippen LogP contribution < -0.4 is 14.2 Å². The number of ether oxygens (including phenoxy) is 3. The Balaban J connectivity index is 1.53. The van der Waals surface area contributed by atoms with E-state index in [0.717, 1.165) is 16.9 Å². The highest BCUT2D eigenvalue weighted by atomic mass is 16.5. The first-order valence-electron chi connectivity index (χ1n) is 8.53. The number of hydrogen-bond donors (Lipinski definition) is 0. The van der Waals surface area contributed by atoms with Gasteiger partial charge >= 0.3 is 0 Å². The molecular weight excluding hydrogens is 344 g/mol. The average molecular weight is 362 g/mol. The molecule has 0 fully saturated rings. The Kier molecular flexibility index (Phi) is 4.42. The van der Waals surface area contributed by atoms with E-state index in [0.29, 0.717) is 29.4 Å². The molecule has 0 amide bonds. The van der Waals surface area contributed by atoms with Crippen molar-refractivity contribution >= 4 is 11.9 Å². The Morgan fingerprint density at radius 2 is 1.89 bits per heavy atom. The van der Waals surface area contributed by atoms with Gasteiger partial charge in [0.1, 0.15) is 29.6 Å². The van der Waals surface area contributed by atoms with E-state index in [9.17, 15) is 4.79 Å². The zero-order chi connectivity index (χ0) is 18.8. The van der Waals surface area contributed by atoms with Crippen LogP contribution in [0.3, 0.4) is 0 Å². The largest absolute Gasteiger partial charge is 0.497 e. The van der Waals surface area contributed by atoms with E-state index in [4.69, 9.17) is 18.6 Å². The molecule has 0 bridgehead atoms. The molecule has 5 heteroatoms. The van der Waals surface area contributed by atoms with Crippen molar-refractivity contribution in [2.24, 2.45) is 0 Å². The lowest BCUT2D eigenvalue weighted by Crippen LogP contribution is -1.98. The van der Waals surface area contributed by atoms with Gasteiger partial charge in [-0.05, 0) is 48.9 Å². The summed E-state index contributed by atoms with van der Waals surface area (Å²) in [6.45, 7) is 2.29. The molecule has 0 aliphatic carbocycles. The Labute approximate surface area is 156 Å². The molecule has 0 saturated heterocycles. The fourth-order valence-corrected chi connectivity index (χ4v) is 2.91. The molecule has 0 saturated carbocycles. The van der Waals surface area contributed by atoms with Gasteiger partial charge < -0.3 is 18.6 Å². The first-order valence-corrected chi connectivity index (χ1v) is 8.53. The summed E-state index contributed by atoms with van der Waals surface area (Å²) < 4.78 is 22.1. The van der Waals surface area contributed by atoms with Crippen LogP contribution in [0.1, 0.15) is 27.2 Å². The van der Waals surface area contributed by atoms with Crippen LogP contribution in [-0.4, -0.2) is 12.9 Å². The van der Waals surface area contributed by atoms with E-state index in [2.05, 4.69) is 0 Å². The molecule has 2 aromatic carbocycles. The summed E-state index contributed by atoms with van der Waals surface area (Å²) in [6.07, 6.45) is 3.15. The van der Waals surface area contributed by atoms with Crippen molar-refractivity contribution in [3.05, 3.63) is 83.0 Å². The third-order valence-corrected chi connectivity index (χ3v) is 4.41. The quantitative estimate of drug-likeness (QED) is 0.611. The second kappa shape index (κ2) is 7.03. The van der Waals surface area contributed by atoms with Crippen molar-refractivity contribution < 1.29 is 23.4 Å². The smallest absolute Gasteiger partial charge is 0.232 e. The summed E-state index contributed by atoms with van der Waals surface area (Å²) in [5.74, 6) is 2.67. The van der Waals surface area contributed by atoms with Gasteiger partial charge in [0.25, 0.3) is 0 Å². The van der Waals surface area contributed by atoms with Crippen molar-refractivity contribution in [1.29, 1.82) is 0 Å². The molecule has 4 rings (SSSR count). The fourth-order valence-electron chi connectivity index (χ4n) is 2.91. The second-order valence-electron chi connectivity index (χ2n) is 6.16. The van der Waals surface area contributed by atoms with E-state index in [-0.39, 0.29) is 11.5 Å². The topological polar surface area (TPSA) is 57.9 Å². The summed E-state index contributed by atoms with van der Waals surface area (Å²) in [5, 5.41) is 0. The molecule has 136 valence electrons. The van der Waals surface area contributed by atoms with Gasteiger partial charge in [0.2, 0.25) is 5.78 Å². The first-order chi connectivity index (χ1) is 13.2.